The summed E-state index contributed by atoms with van der Waals surface area (Å²) in [5.41, 5.74) is 6.11. The number of anilines is 1. The third kappa shape index (κ3) is 3.33. The smallest absolute Gasteiger partial charge is 0.337 e. The number of rotatable bonds is 3. The van der Waals surface area contributed by atoms with Gasteiger partial charge >= 0.3 is 5.97 Å². The summed E-state index contributed by atoms with van der Waals surface area (Å²) in [6.45, 7) is 2.93. The van der Waals surface area contributed by atoms with E-state index in [1.54, 1.807) is 11.8 Å². The van der Waals surface area contributed by atoms with Crippen molar-refractivity contribution in [2.45, 2.75) is 17.1 Å². The molecule has 6 nitrogen and oxygen atoms in total. The molecule has 1 saturated heterocycles. The van der Waals surface area contributed by atoms with Gasteiger partial charge in [-0.1, -0.05) is 6.92 Å². The van der Waals surface area contributed by atoms with Gasteiger partial charge in [0.05, 0.1) is 18.4 Å². The number of nitrogens with zero attached hydrogens (tertiary/aromatic N) is 1. The van der Waals surface area contributed by atoms with E-state index in [-0.39, 0.29) is 21.4 Å². The van der Waals surface area contributed by atoms with Gasteiger partial charge in [0, 0.05) is 24.1 Å². The SMILES string of the molecule is COC(=O)c1ccc(S(=O)(=O)N2CCSC(C)C2)c(N)c1. The van der Waals surface area contributed by atoms with Crippen molar-refractivity contribution in [3.05, 3.63) is 23.8 Å². The average molecular weight is 330 g/mol. The first-order chi connectivity index (χ1) is 9.86. The number of ether oxygens (including phenoxy) is 1. The fraction of sp³-hybridized carbons (Fsp3) is 0.462. The summed E-state index contributed by atoms with van der Waals surface area (Å²) in [6, 6.07) is 4.11. The topological polar surface area (TPSA) is 89.7 Å². The van der Waals surface area contributed by atoms with E-state index >= 15 is 0 Å². The Hall–Kier alpha value is -1.25. The van der Waals surface area contributed by atoms with Gasteiger partial charge in [-0.05, 0) is 18.2 Å². The molecule has 1 fully saturated rings. The molecule has 0 saturated carbocycles. The predicted octanol–water partition coefficient (Wildman–Crippen LogP) is 1.18. The van der Waals surface area contributed by atoms with E-state index in [4.69, 9.17) is 5.73 Å². The molecule has 1 aromatic rings. The molecule has 0 spiro atoms. The van der Waals surface area contributed by atoms with E-state index in [1.807, 2.05) is 6.92 Å². The van der Waals surface area contributed by atoms with Crippen LogP contribution in [0.25, 0.3) is 0 Å². The van der Waals surface area contributed by atoms with Gasteiger partial charge in [0.15, 0.2) is 0 Å². The van der Waals surface area contributed by atoms with Crippen molar-refractivity contribution >= 4 is 33.4 Å². The fourth-order valence-electron chi connectivity index (χ4n) is 2.17. The Balaban J connectivity index is 2.34. The Morgan fingerprint density at radius 3 is 2.76 bits per heavy atom. The maximum absolute atomic E-state index is 12.6. The number of thioether (sulfide) groups is 1. The van der Waals surface area contributed by atoms with Gasteiger partial charge in [-0.25, -0.2) is 13.2 Å². The molecule has 0 radical (unpaired) electrons. The Bertz CT molecular complexity index is 646. The lowest BCUT2D eigenvalue weighted by atomic mass is 10.2. The molecule has 2 N–H and O–H groups in total. The molecule has 0 aromatic heterocycles. The minimum Gasteiger partial charge on any atom is -0.465 e. The standard InChI is InChI=1S/C13H18N2O4S2/c1-9-8-15(5-6-20-9)21(17,18)12-4-3-10(7-11(12)14)13(16)19-2/h3-4,7,9H,5-6,8,14H2,1-2H3. The molecule has 2 rings (SSSR count). The summed E-state index contributed by atoms with van der Waals surface area (Å²) < 4.78 is 31.3. The highest BCUT2D eigenvalue weighted by Gasteiger charge is 2.30. The molecule has 1 aliphatic heterocycles. The lowest BCUT2D eigenvalue weighted by Crippen LogP contribution is -2.41. The summed E-state index contributed by atoms with van der Waals surface area (Å²) in [7, 11) is -2.37. The molecule has 116 valence electrons. The van der Waals surface area contributed by atoms with Gasteiger partial charge in [-0.3, -0.25) is 0 Å². The second-order valence-corrected chi connectivity index (χ2v) is 8.24. The van der Waals surface area contributed by atoms with Gasteiger partial charge in [0.25, 0.3) is 0 Å². The van der Waals surface area contributed by atoms with E-state index < -0.39 is 16.0 Å². The highest BCUT2D eigenvalue weighted by molar-refractivity contribution is 8.00. The first-order valence-corrected chi connectivity index (χ1v) is 8.94. The fourth-order valence-corrected chi connectivity index (χ4v) is 5.02. The number of hydrogen-bond acceptors (Lipinski definition) is 6. The van der Waals surface area contributed by atoms with E-state index in [0.29, 0.717) is 13.1 Å². The molecule has 0 aliphatic carbocycles. The minimum atomic E-state index is -3.63. The van der Waals surface area contributed by atoms with Crippen LogP contribution in [0.1, 0.15) is 17.3 Å². The maximum atomic E-state index is 12.6. The van der Waals surface area contributed by atoms with Gasteiger partial charge in [0.1, 0.15) is 4.90 Å². The summed E-state index contributed by atoms with van der Waals surface area (Å²) in [5, 5.41) is 0.254. The Morgan fingerprint density at radius 2 is 2.19 bits per heavy atom. The van der Waals surface area contributed by atoms with Gasteiger partial charge in [-0.15, -0.1) is 0 Å². The van der Waals surface area contributed by atoms with Crippen molar-refractivity contribution in [3.63, 3.8) is 0 Å². The molecule has 1 heterocycles. The van der Waals surface area contributed by atoms with Crippen LogP contribution in [0.3, 0.4) is 0 Å². The van der Waals surface area contributed by atoms with Crippen LogP contribution in [0.4, 0.5) is 5.69 Å². The molecule has 1 aliphatic rings. The van der Waals surface area contributed by atoms with Crippen LogP contribution in [-0.2, 0) is 14.8 Å². The molecular formula is C13H18N2O4S2. The Kier molecular flexibility index (Phi) is 4.80. The normalized spacial score (nSPS) is 20.2. The first kappa shape index (κ1) is 16.1. The van der Waals surface area contributed by atoms with E-state index in [9.17, 15) is 13.2 Å². The van der Waals surface area contributed by atoms with Crippen LogP contribution >= 0.6 is 11.8 Å². The van der Waals surface area contributed by atoms with Gasteiger partial charge in [0.2, 0.25) is 10.0 Å². The van der Waals surface area contributed by atoms with E-state index in [1.165, 1.54) is 29.6 Å². The molecule has 1 unspecified atom stereocenters. The van der Waals surface area contributed by atoms with E-state index in [0.717, 1.165) is 5.75 Å². The Morgan fingerprint density at radius 1 is 1.48 bits per heavy atom. The number of sulfonamides is 1. The highest BCUT2D eigenvalue weighted by atomic mass is 32.2. The Labute approximate surface area is 128 Å². The maximum Gasteiger partial charge on any atom is 0.337 e. The number of benzene rings is 1. The second kappa shape index (κ2) is 6.25. The molecule has 1 aromatic carbocycles. The number of hydrogen-bond donors (Lipinski definition) is 1. The largest absolute Gasteiger partial charge is 0.465 e. The van der Waals surface area contributed by atoms with Crippen LogP contribution in [-0.4, -0.2) is 49.9 Å². The third-order valence-electron chi connectivity index (χ3n) is 3.25. The number of esters is 1. The summed E-state index contributed by atoms with van der Waals surface area (Å²) >= 11 is 1.75. The molecule has 8 heteroatoms. The average Bonchev–Trinajstić information content (AvgIpc) is 2.46. The van der Waals surface area contributed by atoms with Crippen molar-refractivity contribution in [1.29, 1.82) is 0 Å². The first-order valence-electron chi connectivity index (χ1n) is 6.46. The third-order valence-corrected chi connectivity index (χ3v) is 6.33. The van der Waals surface area contributed by atoms with Crippen LogP contribution in [0, 0.1) is 0 Å². The predicted molar refractivity (Wildman–Crippen MR) is 82.9 cm³/mol. The number of carbonyl (C=O) groups excluding carboxylic acids is 1. The van der Waals surface area contributed by atoms with Crippen molar-refractivity contribution < 1.29 is 17.9 Å². The van der Waals surface area contributed by atoms with Gasteiger partial charge < -0.3 is 10.5 Å². The monoisotopic (exact) mass is 330 g/mol. The van der Waals surface area contributed by atoms with Crippen molar-refractivity contribution in [2.24, 2.45) is 0 Å². The van der Waals surface area contributed by atoms with Crippen molar-refractivity contribution in [2.75, 3.05) is 31.7 Å². The van der Waals surface area contributed by atoms with Crippen LogP contribution in [0.15, 0.2) is 23.1 Å². The lowest BCUT2D eigenvalue weighted by molar-refractivity contribution is 0.0600. The zero-order valence-corrected chi connectivity index (χ0v) is 13.5. The minimum absolute atomic E-state index is 0.0363. The van der Waals surface area contributed by atoms with Crippen molar-refractivity contribution in [1.82, 2.24) is 4.31 Å². The number of nitrogens with two attached hydrogens (primary N) is 1. The number of methoxy groups -OCH3 is 1. The second-order valence-electron chi connectivity index (χ2n) is 4.79. The quantitative estimate of drug-likeness (QED) is 0.661. The molecule has 21 heavy (non-hydrogen) atoms. The summed E-state index contributed by atoms with van der Waals surface area (Å²) in [6.07, 6.45) is 0. The number of carbonyl (C=O) groups is 1. The highest BCUT2D eigenvalue weighted by Crippen LogP contribution is 2.28. The summed E-state index contributed by atoms with van der Waals surface area (Å²) in [5.74, 6) is 0.217. The van der Waals surface area contributed by atoms with Gasteiger partial charge in [-0.2, -0.15) is 16.1 Å². The lowest BCUT2D eigenvalue weighted by Gasteiger charge is -2.30. The van der Waals surface area contributed by atoms with Crippen LogP contribution in [0.2, 0.25) is 0 Å². The zero-order chi connectivity index (χ0) is 15.6. The molecule has 0 amide bonds. The summed E-state index contributed by atoms with van der Waals surface area (Å²) in [4.78, 5) is 11.5. The van der Waals surface area contributed by atoms with Crippen LogP contribution < -0.4 is 5.73 Å². The molecule has 1 atom stereocenters. The van der Waals surface area contributed by atoms with Crippen LogP contribution in [0.5, 0.6) is 0 Å². The molecular weight excluding hydrogens is 312 g/mol. The van der Waals surface area contributed by atoms with E-state index in [2.05, 4.69) is 4.74 Å². The zero-order valence-electron chi connectivity index (χ0n) is 11.9. The van der Waals surface area contributed by atoms with Crippen molar-refractivity contribution in [3.8, 4) is 0 Å². The number of nitrogen functional groups attached to an aromatic ring is 1. The molecule has 0 bridgehead atoms.